The third-order valence-corrected chi connectivity index (χ3v) is 7.76. The number of rotatable bonds is 31. The lowest BCUT2D eigenvalue weighted by molar-refractivity contribution is -0.154. The van der Waals surface area contributed by atoms with Crippen LogP contribution >= 0.6 is 7.82 Å². The number of hydrogen-bond acceptors (Lipinski definition) is 7. The third-order valence-electron chi connectivity index (χ3n) is 6.77. The molecule has 234 valence electrons. The van der Waals surface area contributed by atoms with Crippen LogP contribution in [0.1, 0.15) is 149 Å². The van der Waals surface area contributed by atoms with Gasteiger partial charge in [-0.2, -0.15) is 0 Å². The quantitative estimate of drug-likeness (QED) is 0.0479. The van der Waals surface area contributed by atoms with Crippen LogP contribution in [-0.4, -0.2) is 49.9 Å². The van der Waals surface area contributed by atoms with Crippen molar-refractivity contribution in [3.8, 4) is 0 Å². The molecule has 8 nitrogen and oxygen atoms in total. The summed E-state index contributed by atoms with van der Waals surface area (Å²) in [6.45, 7) is 4.90. The number of esters is 1. The lowest BCUT2D eigenvalue weighted by Crippen LogP contribution is -2.28. The van der Waals surface area contributed by atoms with Gasteiger partial charge in [0.2, 0.25) is 0 Å². The number of ether oxygens (including phenoxy) is 2. The Morgan fingerprint density at radius 1 is 0.667 bits per heavy atom. The van der Waals surface area contributed by atoms with E-state index in [4.69, 9.17) is 24.3 Å². The molecule has 39 heavy (non-hydrogen) atoms. The highest BCUT2D eigenvalue weighted by molar-refractivity contribution is 7.47. The molecule has 0 radical (unpaired) electrons. The zero-order valence-corrected chi connectivity index (χ0v) is 26.3. The molecule has 0 saturated carbocycles. The predicted molar refractivity (Wildman–Crippen MR) is 160 cm³/mol. The maximum atomic E-state index is 12.4. The van der Waals surface area contributed by atoms with Crippen LogP contribution in [0.5, 0.6) is 0 Å². The first-order valence-electron chi connectivity index (χ1n) is 16.0. The van der Waals surface area contributed by atoms with Crippen LogP contribution in [0.25, 0.3) is 0 Å². The van der Waals surface area contributed by atoms with E-state index in [2.05, 4.69) is 13.8 Å². The molecule has 0 rings (SSSR count). The Morgan fingerprint density at radius 2 is 1.13 bits per heavy atom. The molecule has 0 aromatic heterocycles. The number of carbonyl (C=O) groups excluding carboxylic acids is 1. The first-order chi connectivity index (χ1) is 18.9. The fourth-order valence-electron chi connectivity index (χ4n) is 4.41. The summed E-state index contributed by atoms with van der Waals surface area (Å²) in [5.74, 6) is -0.332. The maximum Gasteiger partial charge on any atom is 0.472 e. The van der Waals surface area contributed by atoms with Crippen LogP contribution in [0.3, 0.4) is 0 Å². The van der Waals surface area contributed by atoms with E-state index >= 15 is 0 Å². The van der Waals surface area contributed by atoms with E-state index in [9.17, 15) is 14.3 Å². The Hall–Kier alpha value is -0.500. The van der Waals surface area contributed by atoms with Crippen LogP contribution in [0.15, 0.2) is 0 Å². The highest BCUT2D eigenvalue weighted by Crippen LogP contribution is 2.43. The van der Waals surface area contributed by atoms with E-state index in [-0.39, 0.29) is 32.3 Å². The molecule has 0 heterocycles. The molecular formula is C30H62NO7P. The monoisotopic (exact) mass is 579 g/mol. The van der Waals surface area contributed by atoms with Gasteiger partial charge < -0.3 is 20.1 Å². The minimum Gasteiger partial charge on any atom is -0.457 e. The Kier molecular flexibility index (Phi) is 28.6. The number of hydrogen-bond donors (Lipinski definition) is 2. The molecule has 0 spiro atoms. The summed E-state index contributed by atoms with van der Waals surface area (Å²) < 4.78 is 33.1. The Morgan fingerprint density at radius 3 is 1.62 bits per heavy atom. The maximum absolute atomic E-state index is 12.4. The molecule has 0 aromatic carbocycles. The van der Waals surface area contributed by atoms with Crippen LogP contribution in [0.2, 0.25) is 0 Å². The summed E-state index contributed by atoms with van der Waals surface area (Å²) in [5.41, 5.74) is 5.32. The molecule has 0 amide bonds. The van der Waals surface area contributed by atoms with Crippen LogP contribution < -0.4 is 5.73 Å². The Balaban J connectivity index is 4.15. The highest BCUT2D eigenvalue weighted by atomic mass is 31.2. The van der Waals surface area contributed by atoms with Gasteiger partial charge in [0.1, 0.15) is 6.10 Å². The second-order valence-corrected chi connectivity index (χ2v) is 12.1. The summed E-state index contributed by atoms with van der Waals surface area (Å²) in [6, 6.07) is 0. The highest BCUT2D eigenvalue weighted by Gasteiger charge is 2.25. The van der Waals surface area contributed by atoms with E-state index in [0.717, 1.165) is 32.1 Å². The predicted octanol–water partition coefficient (Wildman–Crippen LogP) is 8.24. The van der Waals surface area contributed by atoms with Gasteiger partial charge in [-0.15, -0.1) is 0 Å². The lowest BCUT2D eigenvalue weighted by atomic mass is 10.1. The van der Waals surface area contributed by atoms with Crippen molar-refractivity contribution in [1.82, 2.24) is 0 Å². The molecule has 2 atom stereocenters. The van der Waals surface area contributed by atoms with Crippen LogP contribution in [0.4, 0.5) is 0 Å². The van der Waals surface area contributed by atoms with E-state index in [1.807, 2.05) is 0 Å². The summed E-state index contributed by atoms with van der Waals surface area (Å²) >= 11 is 0. The fourth-order valence-corrected chi connectivity index (χ4v) is 5.17. The van der Waals surface area contributed by atoms with Crippen molar-refractivity contribution in [2.24, 2.45) is 5.73 Å². The van der Waals surface area contributed by atoms with E-state index in [1.165, 1.54) is 96.3 Å². The normalized spacial score (nSPS) is 13.8. The molecule has 0 aliphatic carbocycles. The zero-order chi connectivity index (χ0) is 28.9. The molecule has 0 aliphatic rings. The molecule has 9 heteroatoms. The summed E-state index contributed by atoms with van der Waals surface area (Å²) in [6.07, 6.45) is 23.9. The van der Waals surface area contributed by atoms with Gasteiger partial charge in [0.05, 0.1) is 19.8 Å². The van der Waals surface area contributed by atoms with E-state index in [0.29, 0.717) is 13.0 Å². The average molecular weight is 580 g/mol. The lowest BCUT2D eigenvalue weighted by Gasteiger charge is -2.20. The topological polar surface area (TPSA) is 117 Å². The SMILES string of the molecule is CCCCCCCCCCCCOCC(COP(=O)(O)OCCN)OC(=O)CCCCCCCCCCCC. The second-order valence-electron chi connectivity index (χ2n) is 10.7. The van der Waals surface area contributed by atoms with Crippen molar-refractivity contribution in [2.45, 2.75) is 155 Å². The molecule has 0 bridgehead atoms. The average Bonchev–Trinajstić information content (AvgIpc) is 2.92. The van der Waals surface area contributed by atoms with Gasteiger partial charge in [0, 0.05) is 19.6 Å². The van der Waals surface area contributed by atoms with Gasteiger partial charge in [0.15, 0.2) is 0 Å². The van der Waals surface area contributed by atoms with Gasteiger partial charge in [-0.1, -0.05) is 129 Å². The van der Waals surface area contributed by atoms with Gasteiger partial charge in [0.25, 0.3) is 0 Å². The zero-order valence-electron chi connectivity index (χ0n) is 25.4. The van der Waals surface area contributed by atoms with Crippen LogP contribution in [-0.2, 0) is 27.9 Å². The molecule has 2 unspecified atom stereocenters. The molecule has 3 N–H and O–H groups in total. The van der Waals surface area contributed by atoms with E-state index in [1.54, 1.807) is 0 Å². The van der Waals surface area contributed by atoms with Crippen molar-refractivity contribution < 1.29 is 32.8 Å². The first kappa shape index (κ1) is 38.5. The molecule has 0 saturated heterocycles. The van der Waals surface area contributed by atoms with Gasteiger partial charge in [-0.05, 0) is 12.8 Å². The van der Waals surface area contributed by atoms with Crippen molar-refractivity contribution >= 4 is 13.8 Å². The van der Waals surface area contributed by atoms with Gasteiger partial charge in [-0.25, -0.2) is 4.57 Å². The first-order valence-corrected chi connectivity index (χ1v) is 17.5. The smallest absolute Gasteiger partial charge is 0.457 e. The number of phosphoric ester groups is 1. The van der Waals surface area contributed by atoms with Crippen LogP contribution in [0, 0.1) is 0 Å². The van der Waals surface area contributed by atoms with Crippen molar-refractivity contribution in [2.75, 3.05) is 33.0 Å². The largest absolute Gasteiger partial charge is 0.472 e. The molecule has 0 aliphatic heterocycles. The standard InChI is InChI=1S/C30H62NO7P/c1-3-5-7-9-11-13-15-17-19-21-23-30(32)38-29(28-37-39(33,34)36-26-24-31)27-35-25-22-20-18-16-14-12-10-8-6-4-2/h29H,3-28,31H2,1-2H3,(H,33,34). The number of carbonyl (C=O) groups is 1. The Labute approximate surface area is 240 Å². The number of phosphoric acid groups is 1. The van der Waals surface area contributed by atoms with Crippen molar-refractivity contribution in [3.05, 3.63) is 0 Å². The summed E-state index contributed by atoms with van der Waals surface area (Å²) in [7, 11) is -4.25. The summed E-state index contributed by atoms with van der Waals surface area (Å²) in [4.78, 5) is 22.2. The van der Waals surface area contributed by atoms with Gasteiger partial charge >= 0.3 is 13.8 Å². The van der Waals surface area contributed by atoms with Crippen molar-refractivity contribution in [1.29, 1.82) is 0 Å². The molecular weight excluding hydrogens is 517 g/mol. The minimum atomic E-state index is -4.25. The minimum absolute atomic E-state index is 0.0911. The second kappa shape index (κ2) is 29.0. The molecule has 0 aromatic rings. The Bertz CT molecular complexity index is 580. The number of unbranched alkanes of at least 4 members (excludes halogenated alkanes) is 18. The number of nitrogens with two attached hydrogens (primary N) is 1. The summed E-state index contributed by atoms with van der Waals surface area (Å²) in [5, 5.41) is 0. The molecule has 0 fully saturated rings. The van der Waals surface area contributed by atoms with Gasteiger partial charge in [-0.3, -0.25) is 13.8 Å². The third kappa shape index (κ3) is 28.8. The van der Waals surface area contributed by atoms with E-state index < -0.39 is 13.9 Å². The van der Waals surface area contributed by atoms with Crippen molar-refractivity contribution in [3.63, 3.8) is 0 Å². The fraction of sp³-hybridized carbons (Fsp3) is 0.967.